The standard InChI is InChI=1S/C28H30ClN5O2/c1-27(2,3)21-12-22(18-6-8-19(29)9-7-18)32-23-13-24(36-25(21)23)26(35)34-11-10-33(16-28(34,4)5)20-14-30-17-31-15-20/h6-9,12-15,17H,10-11,16H2,1-5H3. The number of pyridine rings is 1. The molecule has 4 heterocycles. The Balaban J connectivity index is 1.50. The minimum Gasteiger partial charge on any atom is -0.449 e. The van der Waals surface area contributed by atoms with E-state index in [1.807, 2.05) is 35.2 Å². The second-order valence-corrected chi connectivity index (χ2v) is 11.4. The fraction of sp³-hybridized carbons (Fsp3) is 0.357. The molecule has 7 nitrogen and oxygen atoms in total. The zero-order valence-corrected chi connectivity index (χ0v) is 22.0. The van der Waals surface area contributed by atoms with Crippen molar-refractivity contribution in [3.63, 3.8) is 0 Å². The van der Waals surface area contributed by atoms with Gasteiger partial charge in [-0.15, -0.1) is 0 Å². The van der Waals surface area contributed by atoms with E-state index in [1.165, 1.54) is 6.33 Å². The molecule has 5 rings (SSSR count). The van der Waals surface area contributed by atoms with Crippen LogP contribution >= 0.6 is 11.6 Å². The van der Waals surface area contributed by atoms with Crippen molar-refractivity contribution in [2.45, 2.75) is 45.6 Å². The second kappa shape index (κ2) is 8.89. The van der Waals surface area contributed by atoms with Crippen LogP contribution in [-0.4, -0.2) is 50.9 Å². The maximum atomic E-state index is 13.7. The van der Waals surface area contributed by atoms with Crippen LogP contribution in [-0.2, 0) is 5.41 Å². The van der Waals surface area contributed by atoms with Crippen LogP contribution in [0, 0.1) is 0 Å². The summed E-state index contributed by atoms with van der Waals surface area (Å²) in [6.07, 6.45) is 5.13. The third-order valence-electron chi connectivity index (χ3n) is 6.70. The van der Waals surface area contributed by atoms with Gasteiger partial charge in [-0.25, -0.2) is 15.0 Å². The topological polar surface area (TPSA) is 75.4 Å². The molecule has 8 heteroatoms. The van der Waals surface area contributed by atoms with E-state index in [9.17, 15) is 4.79 Å². The van der Waals surface area contributed by atoms with Crippen molar-refractivity contribution in [3.8, 4) is 11.3 Å². The minimum atomic E-state index is -0.418. The zero-order valence-electron chi connectivity index (χ0n) is 21.2. The molecule has 0 N–H and O–H groups in total. The number of hydrogen-bond acceptors (Lipinski definition) is 6. The molecule has 186 valence electrons. The number of carbonyl (C=O) groups is 1. The Labute approximate surface area is 216 Å². The van der Waals surface area contributed by atoms with E-state index >= 15 is 0 Å². The smallest absolute Gasteiger partial charge is 0.290 e. The SMILES string of the molecule is CC(C)(C)c1cc(-c2ccc(Cl)cc2)nc2cc(C(=O)N3CCN(c4cncnc4)CC3(C)C)oc12. The van der Waals surface area contributed by atoms with E-state index in [1.54, 1.807) is 18.5 Å². The Kier molecular flexibility index (Phi) is 5.99. The number of carbonyl (C=O) groups excluding carboxylic acids is 1. The predicted octanol–water partition coefficient (Wildman–Crippen LogP) is 5.98. The summed E-state index contributed by atoms with van der Waals surface area (Å²) >= 11 is 6.09. The highest BCUT2D eigenvalue weighted by atomic mass is 35.5. The van der Waals surface area contributed by atoms with E-state index < -0.39 is 5.54 Å². The van der Waals surface area contributed by atoms with E-state index in [0.717, 1.165) is 22.5 Å². The highest BCUT2D eigenvalue weighted by Crippen LogP contribution is 2.36. The maximum Gasteiger partial charge on any atom is 0.290 e. The average molecular weight is 504 g/mol. The highest BCUT2D eigenvalue weighted by molar-refractivity contribution is 6.30. The number of aromatic nitrogens is 3. The largest absolute Gasteiger partial charge is 0.449 e. The molecule has 1 saturated heterocycles. The van der Waals surface area contributed by atoms with Crippen LogP contribution < -0.4 is 4.90 Å². The summed E-state index contributed by atoms with van der Waals surface area (Å²) in [4.78, 5) is 30.9. The summed E-state index contributed by atoms with van der Waals surface area (Å²) in [7, 11) is 0. The minimum absolute atomic E-state index is 0.130. The van der Waals surface area contributed by atoms with Gasteiger partial charge in [0.05, 0.1) is 29.3 Å². The Morgan fingerprint density at radius 3 is 2.39 bits per heavy atom. The van der Waals surface area contributed by atoms with Gasteiger partial charge >= 0.3 is 0 Å². The molecular weight excluding hydrogens is 474 g/mol. The monoisotopic (exact) mass is 503 g/mol. The first-order valence-corrected chi connectivity index (χ1v) is 12.4. The van der Waals surface area contributed by atoms with Crippen molar-refractivity contribution in [2.24, 2.45) is 0 Å². The Morgan fingerprint density at radius 2 is 1.75 bits per heavy atom. The molecule has 1 amide bonds. The van der Waals surface area contributed by atoms with Crippen molar-refractivity contribution in [3.05, 3.63) is 71.5 Å². The van der Waals surface area contributed by atoms with E-state index in [2.05, 4.69) is 49.5 Å². The quantitative estimate of drug-likeness (QED) is 0.342. The highest BCUT2D eigenvalue weighted by Gasteiger charge is 2.39. The molecular formula is C28H30ClN5O2. The predicted molar refractivity (Wildman–Crippen MR) is 143 cm³/mol. The Bertz CT molecular complexity index is 1410. The van der Waals surface area contributed by atoms with Crippen LogP contribution in [0.1, 0.15) is 50.7 Å². The lowest BCUT2D eigenvalue weighted by Crippen LogP contribution is -2.61. The summed E-state index contributed by atoms with van der Waals surface area (Å²) in [5, 5.41) is 0.676. The van der Waals surface area contributed by atoms with E-state index in [4.69, 9.17) is 21.0 Å². The first kappa shape index (κ1) is 24.3. The molecule has 1 aliphatic rings. The van der Waals surface area contributed by atoms with Gasteiger partial charge in [-0.2, -0.15) is 0 Å². The molecule has 1 aliphatic heterocycles. The van der Waals surface area contributed by atoms with Gasteiger partial charge < -0.3 is 14.2 Å². The molecule has 1 aromatic carbocycles. The summed E-state index contributed by atoms with van der Waals surface area (Å²) in [5.74, 6) is 0.177. The van der Waals surface area contributed by atoms with Crippen LogP contribution in [0.5, 0.6) is 0 Å². The zero-order chi connectivity index (χ0) is 25.7. The van der Waals surface area contributed by atoms with Crippen molar-refractivity contribution in [1.82, 2.24) is 19.9 Å². The molecule has 4 aromatic rings. The molecule has 3 aromatic heterocycles. The van der Waals surface area contributed by atoms with Crippen molar-refractivity contribution in [1.29, 1.82) is 0 Å². The van der Waals surface area contributed by atoms with Crippen molar-refractivity contribution in [2.75, 3.05) is 24.5 Å². The lowest BCUT2D eigenvalue weighted by molar-refractivity contribution is 0.0484. The van der Waals surface area contributed by atoms with Crippen LogP contribution in [0.2, 0.25) is 5.02 Å². The van der Waals surface area contributed by atoms with Gasteiger partial charge in [-0.05, 0) is 37.5 Å². The summed E-state index contributed by atoms with van der Waals surface area (Å²) in [6.45, 7) is 12.5. The molecule has 0 radical (unpaired) electrons. The fourth-order valence-electron chi connectivity index (χ4n) is 4.79. The van der Waals surface area contributed by atoms with Crippen LogP contribution in [0.4, 0.5) is 5.69 Å². The van der Waals surface area contributed by atoms with Crippen molar-refractivity contribution >= 4 is 34.3 Å². The summed E-state index contributed by atoms with van der Waals surface area (Å²) in [6, 6.07) is 11.4. The lowest BCUT2D eigenvalue weighted by Gasteiger charge is -2.47. The van der Waals surface area contributed by atoms with Gasteiger partial charge in [-0.3, -0.25) is 4.79 Å². The number of fused-ring (bicyclic) bond motifs is 1. The number of anilines is 1. The number of piperazine rings is 1. The van der Waals surface area contributed by atoms with Gasteiger partial charge in [0.25, 0.3) is 5.91 Å². The molecule has 0 bridgehead atoms. The third-order valence-corrected chi connectivity index (χ3v) is 6.95. The van der Waals surface area contributed by atoms with Crippen LogP contribution in [0.15, 0.2) is 59.5 Å². The molecule has 0 unspecified atom stereocenters. The van der Waals surface area contributed by atoms with Gasteiger partial charge in [0.1, 0.15) is 11.8 Å². The molecule has 36 heavy (non-hydrogen) atoms. The fourth-order valence-corrected chi connectivity index (χ4v) is 4.92. The van der Waals surface area contributed by atoms with Crippen LogP contribution in [0.3, 0.4) is 0 Å². The van der Waals surface area contributed by atoms with E-state index in [0.29, 0.717) is 41.5 Å². The van der Waals surface area contributed by atoms with Gasteiger partial charge in [0.2, 0.25) is 0 Å². The summed E-state index contributed by atoms with van der Waals surface area (Å²) in [5.41, 5.74) is 4.45. The number of nitrogens with zero attached hydrogens (tertiary/aromatic N) is 5. The molecule has 1 fully saturated rings. The molecule has 0 atom stereocenters. The maximum absolute atomic E-state index is 13.7. The number of furan rings is 1. The summed E-state index contributed by atoms with van der Waals surface area (Å²) < 4.78 is 6.25. The van der Waals surface area contributed by atoms with Gasteiger partial charge in [0, 0.05) is 41.9 Å². The average Bonchev–Trinajstić information content (AvgIpc) is 3.27. The lowest BCUT2D eigenvalue weighted by atomic mass is 9.86. The van der Waals surface area contributed by atoms with Gasteiger partial charge in [0.15, 0.2) is 11.3 Å². The molecule has 0 aliphatic carbocycles. The van der Waals surface area contributed by atoms with E-state index in [-0.39, 0.29) is 11.3 Å². The van der Waals surface area contributed by atoms with Gasteiger partial charge in [-0.1, -0.05) is 44.5 Å². The van der Waals surface area contributed by atoms with Crippen LogP contribution in [0.25, 0.3) is 22.4 Å². The first-order valence-electron chi connectivity index (χ1n) is 12.1. The number of halogens is 1. The van der Waals surface area contributed by atoms with Crippen molar-refractivity contribution < 1.29 is 9.21 Å². The molecule has 0 spiro atoms. The number of amides is 1. The third kappa shape index (κ3) is 4.55. The molecule has 0 saturated carbocycles. The number of rotatable bonds is 3. The Hall–Kier alpha value is -3.45. The Morgan fingerprint density at radius 1 is 1.06 bits per heavy atom. The normalized spacial score (nSPS) is 15.9. The number of benzene rings is 1. The first-order chi connectivity index (χ1) is 17.0. The number of hydrogen-bond donors (Lipinski definition) is 0. The second-order valence-electron chi connectivity index (χ2n) is 10.9.